The molecule has 0 aliphatic carbocycles. The van der Waals surface area contributed by atoms with Crippen LogP contribution in [0.2, 0.25) is 0 Å². The minimum atomic E-state index is 0.0333. The lowest BCUT2D eigenvalue weighted by molar-refractivity contribution is 0.0793. The lowest BCUT2D eigenvalue weighted by atomic mass is 10.2. The van der Waals surface area contributed by atoms with E-state index in [2.05, 4.69) is 11.9 Å². The van der Waals surface area contributed by atoms with Crippen molar-refractivity contribution in [1.82, 2.24) is 9.88 Å². The van der Waals surface area contributed by atoms with Crippen LogP contribution in [0.5, 0.6) is 0 Å². The molecule has 0 aliphatic heterocycles. The Balaban J connectivity index is 2.22. The second kappa shape index (κ2) is 5.21. The molecule has 96 valence electrons. The van der Waals surface area contributed by atoms with Crippen molar-refractivity contribution in [2.24, 2.45) is 0 Å². The molecule has 0 spiro atoms. The van der Waals surface area contributed by atoms with Crippen molar-refractivity contribution in [3.8, 4) is 0 Å². The molecule has 0 N–H and O–H groups in total. The van der Waals surface area contributed by atoms with Crippen LogP contribution in [0.3, 0.4) is 0 Å². The molecule has 0 fully saturated rings. The molecule has 0 aliphatic rings. The summed E-state index contributed by atoms with van der Waals surface area (Å²) in [6.07, 6.45) is 2.10. The van der Waals surface area contributed by atoms with Crippen molar-refractivity contribution in [3.63, 3.8) is 0 Å². The Bertz CT molecular complexity index is 560. The van der Waals surface area contributed by atoms with Crippen LogP contribution in [0.25, 0.3) is 11.1 Å². The van der Waals surface area contributed by atoms with Gasteiger partial charge in [-0.1, -0.05) is 13.3 Å². The van der Waals surface area contributed by atoms with Crippen LogP contribution in [0.15, 0.2) is 22.6 Å². The van der Waals surface area contributed by atoms with E-state index in [9.17, 15) is 4.79 Å². The molecule has 0 atom stereocenters. The van der Waals surface area contributed by atoms with Gasteiger partial charge in [0.1, 0.15) is 5.52 Å². The third-order valence-electron chi connectivity index (χ3n) is 2.94. The highest BCUT2D eigenvalue weighted by molar-refractivity contribution is 5.96. The van der Waals surface area contributed by atoms with E-state index in [1.54, 1.807) is 30.0 Å². The summed E-state index contributed by atoms with van der Waals surface area (Å²) < 4.78 is 5.39. The number of aromatic nitrogens is 1. The SMILES string of the molecule is CCCCN(C)C(=O)c1ccc2oc(C)nc2c1. The first-order valence-electron chi connectivity index (χ1n) is 6.24. The fourth-order valence-corrected chi connectivity index (χ4v) is 1.89. The number of hydrogen-bond donors (Lipinski definition) is 0. The number of hydrogen-bond acceptors (Lipinski definition) is 3. The Morgan fingerprint density at radius 2 is 2.22 bits per heavy atom. The fourth-order valence-electron chi connectivity index (χ4n) is 1.89. The first-order chi connectivity index (χ1) is 8.61. The third-order valence-corrected chi connectivity index (χ3v) is 2.94. The van der Waals surface area contributed by atoms with Crippen LogP contribution in [0, 0.1) is 6.92 Å². The van der Waals surface area contributed by atoms with Crippen LogP contribution in [0.4, 0.5) is 0 Å². The quantitative estimate of drug-likeness (QED) is 0.833. The number of benzene rings is 1. The van der Waals surface area contributed by atoms with Crippen LogP contribution in [-0.4, -0.2) is 29.4 Å². The fraction of sp³-hybridized carbons (Fsp3) is 0.429. The Morgan fingerprint density at radius 1 is 1.44 bits per heavy atom. The average molecular weight is 246 g/mol. The highest BCUT2D eigenvalue weighted by atomic mass is 16.3. The predicted molar refractivity (Wildman–Crippen MR) is 70.6 cm³/mol. The van der Waals surface area contributed by atoms with Gasteiger partial charge in [-0.3, -0.25) is 4.79 Å². The van der Waals surface area contributed by atoms with Crippen molar-refractivity contribution in [3.05, 3.63) is 29.7 Å². The van der Waals surface area contributed by atoms with E-state index < -0.39 is 0 Å². The number of nitrogens with zero attached hydrogens (tertiary/aromatic N) is 2. The predicted octanol–water partition coefficient (Wildman–Crippen LogP) is 3.01. The maximum absolute atomic E-state index is 12.2. The summed E-state index contributed by atoms with van der Waals surface area (Å²) in [7, 11) is 1.83. The molecule has 0 radical (unpaired) electrons. The van der Waals surface area contributed by atoms with E-state index in [0.717, 1.165) is 30.5 Å². The molecular weight excluding hydrogens is 228 g/mol. The Labute approximate surface area is 107 Å². The summed E-state index contributed by atoms with van der Waals surface area (Å²) >= 11 is 0. The normalized spacial score (nSPS) is 10.8. The Kier molecular flexibility index (Phi) is 3.65. The summed E-state index contributed by atoms with van der Waals surface area (Å²) in [6, 6.07) is 5.38. The summed E-state index contributed by atoms with van der Waals surface area (Å²) in [5, 5.41) is 0. The van der Waals surface area contributed by atoms with Gasteiger partial charge in [0.15, 0.2) is 11.5 Å². The molecule has 4 heteroatoms. The van der Waals surface area contributed by atoms with Gasteiger partial charge in [0.2, 0.25) is 0 Å². The van der Waals surface area contributed by atoms with Crippen molar-refractivity contribution >= 4 is 17.0 Å². The zero-order valence-electron chi connectivity index (χ0n) is 11.1. The van der Waals surface area contributed by atoms with Gasteiger partial charge in [0.05, 0.1) is 0 Å². The lowest BCUT2D eigenvalue weighted by Gasteiger charge is -2.16. The molecule has 0 unspecified atom stereocenters. The zero-order chi connectivity index (χ0) is 13.1. The maximum atomic E-state index is 12.2. The molecule has 0 bridgehead atoms. The number of rotatable bonds is 4. The summed E-state index contributed by atoms with van der Waals surface area (Å²) in [5.74, 6) is 0.653. The number of fused-ring (bicyclic) bond motifs is 1. The standard InChI is InChI=1S/C14H18N2O2/c1-4-5-8-16(3)14(17)11-6-7-13-12(9-11)15-10(2)18-13/h6-7,9H,4-5,8H2,1-3H3. The molecule has 1 aromatic carbocycles. The molecule has 1 amide bonds. The van der Waals surface area contributed by atoms with Crippen LogP contribution in [0.1, 0.15) is 36.0 Å². The van der Waals surface area contributed by atoms with E-state index in [0.29, 0.717) is 11.5 Å². The van der Waals surface area contributed by atoms with Gasteiger partial charge in [0.25, 0.3) is 5.91 Å². The highest BCUT2D eigenvalue weighted by Crippen LogP contribution is 2.17. The second-order valence-electron chi connectivity index (χ2n) is 4.50. The van der Waals surface area contributed by atoms with E-state index in [1.807, 2.05) is 7.05 Å². The largest absolute Gasteiger partial charge is 0.441 e. The zero-order valence-corrected chi connectivity index (χ0v) is 11.1. The number of unbranched alkanes of at least 4 members (excludes halogenated alkanes) is 1. The lowest BCUT2D eigenvalue weighted by Crippen LogP contribution is -2.27. The van der Waals surface area contributed by atoms with Gasteiger partial charge in [-0.05, 0) is 24.6 Å². The van der Waals surface area contributed by atoms with Crippen LogP contribution < -0.4 is 0 Å². The van der Waals surface area contributed by atoms with Gasteiger partial charge in [0, 0.05) is 26.1 Å². The molecular formula is C14H18N2O2. The van der Waals surface area contributed by atoms with Gasteiger partial charge in [-0.2, -0.15) is 0 Å². The van der Waals surface area contributed by atoms with Crippen LogP contribution in [-0.2, 0) is 0 Å². The van der Waals surface area contributed by atoms with Crippen molar-refractivity contribution in [2.45, 2.75) is 26.7 Å². The molecule has 1 heterocycles. The summed E-state index contributed by atoms with van der Waals surface area (Å²) in [4.78, 5) is 18.2. The van der Waals surface area contributed by atoms with Crippen molar-refractivity contribution in [1.29, 1.82) is 0 Å². The molecule has 0 saturated heterocycles. The van der Waals surface area contributed by atoms with E-state index in [4.69, 9.17) is 4.42 Å². The van der Waals surface area contributed by atoms with Crippen molar-refractivity contribution < 1.29 is 9.21 Å². The Hall–Kier alpha value is -1.84. The average Bonchev–Trinajstić information content (AvgIpc) is 2.73. The topological polar surface area (TPSA) is 46.3 Å². The molecule has 4 nitrogen and oxygen atoms in total. The summed E-state index contributed by atoms with van der Waals surface area (Å²) in [6.45, 7) is 4.70. The monoisotopic (exact) mass is 246 g/mol. The van der Waals surface area contributed by atoms with Crippen LogP contribution >= 0.6 is 0 Å². The molecule has 0 saturated carbocycles. The molecule has 2 aromatic rings. The number of carbonyl (C=O) groups excluding carboxylic acids is 1. The van der Waals surface area contributed by atoms with Crippen molar-refractivity contribution in [2.75, 3.05) is 13.6 Å². The minimum Gasteiger partial charge on any atom is -0.441 e. The molecule has 1 aromatic heterocycles. The number of aryl methyl sites for hydroxylation is 1. The number of carbonyl (C=O) groups is 1. The maximum Gasteiger partial charge on any atom is 0.253 e. The van der Waals surface area contributed by atoms with Gasteiger partial charge >= 0.3 is 0 Å². The number of oxazole rings is 1. The summed E-state index contributed by atoms with van der Waals surface area (Å²) in [5.41, 5.74) is 2.12. The van der Waals surface area contributed by atoms with Gasteiger partial charge in [-0.15, -0.1) is 0 Å². The molecule has 2 rings (SSSR count). The van der Waals surface area contributed by atoms with Gasteiger partial charge < -0.3 is 9.32 Å². The first kappa shape index (κ1) is 12.6. The first-order valence-corrected chi connectivity index (χ1v) is 6.24. The van der Waals surface area contributed by atoms with Gasteiger partial charge in [-0.25, -0.2) is 4.98 Å². The smallest absolute Gasteiger partial charge is 0.253 e. The molecule has 18 heavy (non-hydrogen) atoms. The third kappa shape index (κ3) is 2.53. The number of amides is 1. The minimum absolute atomic E-state index is 0.0333. The Morgan fingerprint density at radius 3 is 2.94 bits per heavy atom. The second-order valence-corrected chi connectivity index (χ2v) is 4.50. The highest BCUT2D eigenvalue weighted by Gasteiger charge is 2.13. The van der Waals surface area contributed by atoms with E-state index in [-0.39, 0.29) is 5.91 Å². The van der Waals surface area contributed by atoms with E-state index in [1.165, 1.54) is 0 Å². The van der Waals surface area contributed by atoms with E-state index >= 15 is 0 Å².